The topological polar surface area (TPSA) is 39.7 Å². The number of guanidine groups is 1. The first-order valence-corrected chi connectivity index (χ1v) is 9.57. The van der Waals surface area contributed by atoms with Gasteiger partial charge in [-0.3, -0.25) is 4.99 Å². The number of aliphatic imine (C=N–C) groups is 1. The van der Waals surface area contributed by atoms with Crippen LogP contribution in [0.4, 0.5) is 0 Å². The van der Waals surface area contributed by atoms with E-state index in [2.05, 4.69) is 47.4 Å². The Morgan fingerprint density at radius 2 is 2.09 bits per heavy atom. The molecule has 1 rings (SSSR count). The van der Waals surface area contributed by atoms with Gasteiger partial charge in [-0.15, -0.1) is 0 Å². The normalized spacial score (nSPS) is 17.1. The lowest BCUT2D eigenvalue weighted by Crippen LogP contribution is -2.42. The van der Waals surface area contributed by atoms with E-state index < -0.39 is 0 Å². The number of rotatable bonds is 10. The van der Waals surface area contributed by atoms with Gasteiger partial charge in [0.25, 0.3) is 0 Å². The zero-order chi connectivity index (χ0) is 16.9. The maximum atomic E-state index is 4.35. The number of hydrogen-bond donors (Lipinski definition) is 2. The van der Waals surface area contributed by atoms with Crippen LogP contribution in [0.1, 0.15) is 65.7 Å². The van der Waals surface area contributed by atoms with Crippen LogP contribution >= 0.6 is 0 Å². The molecule has 0 heterocycles. The Hall–Kier alpha value is -1.03. The summed E-state index contributed by atoms with van der Waals surface area (Å²) < 4.78 is 0. The third-order valence-electron chi connectivity index (χ3n) is 4.74. The first-order valence-electron chi connectivity index (χ1n) is 9.57. The van der Waals surface area contributed by atoms with Crippen LogP contribution in [0.3, 0.4) is 0 Å². The Morgan fingerprint density at radius 1 is 1.30 bits per heavy atom. The van der Waals surface area contributed by atoms with Gasteiger partial charge in [-0.25, -0.2) is 0 Å². The van der Waals surface area contributed by atoms with Crippen LogP contribution in [0.15, 0.2) is 16.6 Å². The molecule has 0 fully saturated rings. The molecule has 1 aliphatic carbocycles. The number of hydrogen-bond acceptors (Lipinski definition) is 2. The van der Waals surface area contributed by atoms with Gasteiger partial charge < -0.3 is 15.5 Å². The van der Waals surface area contributed by atoms with E-state index in [1.165, 1.54) is 45.1 Å². The summed E-state index contributed by atoms with van der Waals surface area (Å²) in [7, 11) is 1.86. The lowest BCUT2D eigenvalue weighted by Gasteiger charge is -2.21. The fourth-order valence-corrected chi connectivity index (χ4v) is 3.13. The van der Waals surface area contributed by atoms with Gasteiger partial charge in [-0.05, 0) is 71.5 Å². The molecule has 0 saturated heterocycles. The minimum atomic E-state index is 0.464. The van der Waals surface area contributed by atoms with Gasteiger partial charge in [0.15, 0.2) is 5.96 Å². The van der Waals surface area contributed by atoms with Crippen molar-refractivity contribution < 1.29 is 0 Å². The van der Waals surface area contributed by atoms with Crippen molar-refractivity contribution in [2.45, 2.75) is 71.8 Å². The fourth-order valence-electron chi connectivity index (χ4n) is 3.13. The van der Waals surface area contributed by atoms with E-state index in [0.717, 1.165) is 32.0 Å². The van der Waals surface area contributed by atoms with Crippen LogP contribution in [-0.4, -0.2) is 50.1 Å². The van der Waals surface area contributed by atoms with Crippen molar-refractivity contribution in [2.75, 3.05) is 33.2 Å². The maximum absolute atomic E-state index is 4.35. The summed E-state index contributed by atoms with van der Waals surface area (Å²) >= 11 is 0. The summed E-state index contributed by atoms with van der Waals surface area (Å²) in [6.45, 7) is 11.2. The van der Waals surface area contributed by atoms with Gasteiger partial charge in [0.1, 0.15) is 0 Å². The Morgan fingerprint density at radius 3 is 2.70 bits per heavy atom. The third-order valence-corrected chi connectivity index (χ3v) is 4.74. The summed E-state index contributed by atoms with van der Waals surface area (Å²) in [6, 6.07) is 0.464. The highest BCUT2D eigenvalue weighted by Crippen LogP contribution is 2.19. The van der Waals surface area contributed by atoms with E-state index in [4.69, 9.17) is 0 Å². The molecular weight excluding hydrogens is 284 g/mol. The fraction of sp³-hybridized carbons (Fsp3) is 0.842. The lowest BCUT2D eigenvalue weighted by atomic mass is 9.97. The number of nitrogens with zero attached hydrogens (tertiary/aromatic N) is 2. The SMILES string of the molecule is CCN(CC)CCCC(C)NC(=NC)NCCC1=CCCCC1. The highest BCUT2D eigenvalue weighted by atomic mass is 15.2. The van der Waals surface area contributed by atoms with E-state index in [1.807, 2.05) is 7.05 Å². The second-order valence-electron chi connectivity index (χ2n) is 6.57. The molecule has 1 unspecified atom stereocenters. The Labute approximate surface area is 143 Å². The van der Waals surface area contributed by atoms with Crippen LogP contribution in [0.5, 0.6) is 0 Å². The van der Waals surface area contributed by atoms with Gasteiger partial charge >= 0.3 is 0 Å². The van der Waals surface area contributed by atoms with E-state index in [9.17, 15) is 0 Å². The molecule has 0 aromatic carbocycles. The number of allylic oxidation sites excluding steroid dienone is 1. The van der Waals surface area contributed by atoms with Crippen molar-refractivity contribution >= 4 is 5.96 Å². The zero-order valence-electron chi connectivity index (χ0n) is 15.8. The van der Waals surface area contributed by atoms with Crippen LogP contribution < -0.4 is 10.6 Å². The average molecular weight is 323 g/mol. The van der Waals surface area contributed by atoms with E-state index >= 15 is 0 Å². The molecule has 1 atom stereocenters. The van der Waals surface area contributed by atoms with Crippen molar-refractivity contribution in [2.24, 2.45) is 4.99 Å². The van der Waals surface area contributed by atoms with E-state index in [-0.39, 0.29) is 0 Å². The molecule has 2 N–H and O–H groups in total. The van der Waals surface area contributed by atoms with Crippen molar-refractivity contribution in [1.29, 1.82) is 0 Å². The number of nitrogens with one attached hydrogen (secondary N) is 2. The molecule has 0 aromatic rings. The molecule has 0 radical (unpaired) electrons. The van der Waals surface area contributed by atoms with Crippen LogP contribution in [-0.2, 0) is 0 Å². The molecule has 0 aliphatic heterocycles. The van der Waals surface area contributed by atoms with E-state index in [0.29, 0.717) is 6.04 Å². The first-order chi connectivity index (χ1) is 11.2. The molecule has 0 saturated carbocycles. The van der Waals surface area contributed by atoms with Gasteiger partial charge in [0, 0.05) is 19.6 Å². The van der Waals surface area contributed by atoms with Crippen molar-refractivity contribution in [3.8, 4) is 0 Å². The smallest absolute Gasteiger partial charge is 0.191 e. The van der Waals surface area contributed by atoms with Crippen molar-refractivity contribution in [3.63, 3.8) is 0 Å². The summed E-state index contributed by atoms with van der Waals surface area (Å²) in [5.74, 6) is 0.941. The minimum absolute atomic E-state index is 0.464. The molecule has 1 aliphatic rings. The van der Waals surface area contributed by atoms with Gasteiger partial charge in [-0.1, -0.05) is 25.5 Å². The van der Waals surface area contributed by atoms with Gasteiger partial charge in [-0.2, -0.15) is 0 Å². The quantitative estimate of drug-likeness (QED) is 0.367. The maximum Gasteiger partial charge on any atom is 0.191 e. The molecule has 134 valence electrons. The predicted octanol–water partition coefficient (Wildman–Crippen LogP) is 3.55. The second kappa shape index (κ2) is 12.4. The molecule has 23 heavy (non-hydrogen) atoms. The molecule has 4 nitrogen and oxygen atoms in total. The summed E-state index contributed by atoms with van der Waals surface area (Å²) in [6.07, 6.45) is 11.3. The van der Waals surface area contributed by atoms with Crippen molar-refractivity contribution in [3.05, 3.63) is 11.6 Å². The predicted molar refractivity (Wildman–Crippen MR) is 102 cm³/mol. The third kappa shape index (κ3) is 8.99. The van der Waals surface area contributed by atoms with Crippen LogP contribution in [0.2, 0.25) is 0 Å². The molecular formula is C19H38N4. The minimum Gasteiger partial charge on any atom is -0.356 e. The monoisotopic (exact) mass is 322 g/mol. The van der Waals surface area contributed by atoms with Crippen LogP contribution in [0.25, 0.3) is 0 Å². The molecule has 0 aromatic heterocycles. The average Bonchev–Trinajstić information content (AvgIpc) is 2.58. The molecule has 0 amide bonds. The second-order valence-corrected chi connectivity index (χ2v) is 6.57. The first kappa shape index (κ1) is 20.0. The Kier molecular flexibility index (Phi) is 10.8. The zero-order valence-corrected chi connectivity index (χ0v) is 15.8. The largest absolute Gasteiger partial charge is 0.356 e. The molecule has 4 heteroatoms. The molecule has 0 bridgehead atoms. The highest BCUT2D eigenvalue weighted by Gasteiger charge is 2.07. The standard InChI is InChI=1S/C19H38N4/c1-5-23(6-2)16-10-11-17(3)22-19(20-4)21-15-14-18-12-8-7-9-13-18/h12,17H,5-11,13-16H2,1-4H3,(H2,20,21,22). The summed E-state index contributed by atoms with van der Waals surface area (Å²) in [4.78, 5) is 6.83. The highest BCUT2D eigenvalue weighted by molar-refractivity contribution is 5.79. The van der Waals surface area contributed by atoms with Crippen LogP contribution in [0, 0.1) is 0 Å². The van der Waals surface area contributed by atoms with Gasteiger partial charge in [0.05, 0.1) is 0 Å². The lowest BCUT2D eigenvalue weighted by molar-refractivity contribution is 0.292. The molecule has 0 spiro atoms. The Bertz CT molecular complexity index is 358. The van der Waals surface area contributed by atoms with Gasteiger partial charge in [0.2, 0.25) is 0 Å². The summed E-state index contributed by atoms with van der Waals surface area (Å²) in [5, 5.41) is 6.97. The van der Waals surface area contributed by atoms with E-state index in [1.54, 1.807) is 5.57 Å². The Balaban J connectivity index is 2.17. The summed E-state index contributed by atoms with van der Waals surface area (Å²) in [5.41, 5.74) is 1.62. The van der Waals surface area contributed by atoms with Crippen molar-refractivity contribution in [1.82, 2.24) is 15.5 Å².